The summed E-state index contributed by atoms with van der Waals surface area (Å²) in [6, 6.07) is 7.34. The highest BCUT2D eigenvalue weighted by Gasteiger charge is 2.15. The van der Waals surface area contributed by atoms with Gasteiger partial charge in [0.15, 0.2) is 0 Å². The molecule has 102 valence electrons. The SMILES string of the molecule is CC(C)Oc1ccc(C(O)C(C)NCCO)cc1. The molecule has 0 amide bonds. The Morgan fingerprint density at radius 3 is 2.28 bits per heavy atom. The van der Waals surface area contributed by atoms with Crippen molar-refractivity contribution in [1.82, 2.24) is 5.32 Å². The van der Waals surface area contributed by atoms with Crippen LogP contribution in [0.1, 0.15) is 32.4 Å². The molecule has 0 bridgehead atoms. The average Bonchev–Trinajstić information content (AvgIpc) is 2.35. The third-order valence-corrected chi connectivity index (χ3v) is 2.65. The molecular weight excluding hydrogens is 230 g/mol. The third kappa shape index (κ3) is 4.64. The van der Waals surface area contributed by atoms with Crippen molar-refractivity contribution in [2.75, 3.05) is 13.2 Å². The van der Waals surface area contributed by atoms with Gasteiger partial charge in [-0.05, 0) is 38.5 Å². The van der Waals surface area contributed by atoms with E-state index < -0.39 is 6.10 Å². The van der Waals surface area contributed by atoms with E-state index in [0.29, 0.717) is 6.54 Å². The fourth-order valence-corrected chi connectivity index (χ4v) is 1.71. The van der Waals surface area contributed by atoms with Crippen LogP contribution < -0.4 is 10.1 Å². The highest BCUT2D eigenvalue weighted by molar-refractivity contribution is 5.29. The van der Waals surface area contributed by atoms with E-state index in [2.05, 4.69) is 5.32 Å². The Hall–Kier alpha value is -1.10. The summed E-state index contributed by atoms with van der Waals surface area (Å²) in [6.07, 6.45) is -0.449. The molecule has 0 aliphatic heterocycles. The summed E-state index contributed by atoms with van der Waals surface area (Å²) in [7, 11) is 0. The minimum atomic E-state index is -0.593. The van der Waals surface area contributed by atoms with Crippen LogP contribution >= 0.6 is 0 Å². The highest BCUT2D eigenvalue weighted by Crippen LogP contribution is 2.20. The van der Waals surface area contributed by atoms with Crippen LogP contribution in [0.3, 0.4) is 0 Å². The summed E-state index contributed by atoms with van der Waals surface area (Å²) < 4.78 is 5.54. The Kier molecular flexibility index (Phi) is 6.12. The third-order valence-electron chi connectivity index (χ3n) is 2.65. The van der Waals surface area contributed by atoms with Crippen molar-refractivity contribution in [2.24, 2.45) is 0 Å². The van der Waals surface area contributed by atoms with Crippen LogP contribution in [-0.2, 0) is 0 Å². The number of hydrogen-bond acceptors (Lipinski definition) is 4. The Bertz CT molecular complexity index is 337. The van der Waals surface area contributed by atoms with Crippen molar-refractivity contribution in [3.63, 3.8) is 0 Å². The van der Waals surface area contributed by atoms with Gasteiger partial charge in [0, 0.05) is 12.6 Å². The molecule has 4 nitrogen and oxygen atoms in total. The minimum absolute atomic E-state index is 0.0677. The first-order valence-corrected chi connectivity index (χ1v) is 6.33. The van der Waals surface area contributed by atoms with E-state index in [0.717, 1.165) is 11.3 Å². The lowest BCUT2D eigenvalue weighted by Crippen LogP contribution is -2.34. The lowest BCUT2D eigenvalue weighted by molar-refractivity contribution is 0.132. The maximum absolute atomic E-state index is 10.1. The second-order valence-corrected chi connectivity index (χ2v) is 4.65. The largest absolute Gasteiger partial charge is 0.491 e. The molecule has 1 rings (SSSR count). The smallest absolute Gasteiger partial charge is 0.119 e. The molecule has 3 N–H and O–H groups in total. The van der Waals surface area contributed by atoms with Gasteiger partial charge < -0.3 is 20.3 Å². The lowest BCUT2D eigenvalue weighted by Gasteiger charge is -2.20. The molecule has 1 aromatic carbocycles. The van der Waals surface area contributed by atoms with Crippen LogP contribution in [0, 0.1) is 0 Å². The van der Waals surface area contributed by atoms with Gasteiger partial charge in [-0.15, -0.1) is 0 Å². The molecule has 1 aromatic rings. The second kappa shape index (κ2) is 7.36. The number of benzene rings is 1. The van der Waals surface area contributed by atoms with E-state index >= 15 is 0 Å². The Morgan fingerprint density at radius 1 is 1.17 bits per heavy atom. The van der Waals surface area contributed by atoms with Gasteiger partial charge in [0.25, 0.3) is 0 Å². The minimum Gasteiger partial charge on any atom is -0.491 e. The first kappa shape index (κ1) is 15.0. The van der Waals surface area contributed by atoms with E-state index in [-0.39, 0.29) is 18.8 Å². The lowest BCUT2D eigenvalue weighted by atomic mass is 10.0. The van der Waals surface area contributed by atoms with E-state index in [9.17, 15) is 5.11 Å². The van der Waals surface area contributed by atoms with Crippen molar-refractivity contribution in [1.29, 1.82) is 0 Å². The Balaban J connectivity index is 2.60. The van der Waals surface area contributed by atoms with Gasteiger partial charge in [0.2, 0.25) is 0 Å². The highest BCUT2D eigenvalue weighted by atomic mass is 16.5. The van der Waals surface area contributed by atoms with E-state index in [1.807, 2.05) is 45.0 Å². The van der Waals surface area contributed by atoms with Crippen LogP contribution in [0.5, 0.6) is 5.75 Å². The molecule has 2 unspecified atom stereocenters. The number of nitrogens with one attached hydrogen (secondary N) is 1. The standard InChI is InChI=1S/C14H23NO3/c1-10(2)18-13-6-4-12(5-7-13)14(17)11(3)15-8-9-16/h4-7,10-11,14-17H,8-9H2,1-3H3. The van der Waals surface area contributed by atoms with Crippen molar-refractivity contribution in [2.45, 2.75) is 39.0 Å². The molecule has 0 aromatic heterocycles. The van der Waals surface area contributed by atoms with Crippen molar-refractivity contribution < 1.29 is 14.9 Å². The molecule has 0 aliphatic rings. The van der Waals surface area contributed by atoms with Gasteiger partial charge in [-0.3, -0.25) is 0 Å². The molecule has 0 saturated heterocycles. The van der Waals surface area contributed by atoms with E-state index in [1.54, 1.807) is 0 Å². The van der Waals surface area contributed by atoms with Gasteiger partial charge in [0.05, 0.1) is 18.8 Å². The first-order valence-electron chi connectivity index (χ1n) is 6.33. The van der Waals surface area contributed by atoms with Gasteiger partial charge in [-0.1, -0.05) is 12.1 Å². The quantitative estimate of drug-likeness (QED) is 0.689. The monoisotopic (exact) mass is 253 g/mol. The normalized spacial score (nSPS) is 14.6. The average molecular weight is 253 g/mol. The van der Waals surface area contributed by atoms with Crippen LogP contribution in [0.2, 0.25) is 0 Å². The predicted molar refractivity (Wildman–Crippen MR) is 71.7 cm³/mol. The summed E-state index contributed by atoms with van der Waals surface area (Å²) in [5, 5.41) is 21.9. The Labute approximate surface area is 109 Å². The molecule has 0 saturated carbocycles. The van der Waals surface area contributed by atoms with E-state index in [4.69, 9.17) is 9.84 Å². The van der Waals surface area contributed by atoms with Crippen LogP contribution in [0.15, 0.2) is 24.3 Å². The molecule has 0 aliphatic carbocycles. The number of aliphatic hydroxyl groups is 2. The summed E-state index contributed by atoms with van der Waals surface area (Å²) in [5.41, 5.74) is 0.837. The predicted octanol–water partition coefficient (Wildman–Crippen LogP) is 1.48. The topological polar surface area (TPSA) is 61.7 Å². The van der Waals surface area contributed by atoms with Gasteiger partial charge in [-0.25, -0.2) is 0 Å². The second-order valence-electron chi connectivity index (χ2n) is 4.65. The van der Waals surface area contributed by atoms with Crippen LogP contribution in [0.25, 0.3) is 0 Å². The van der Waals surface area contributed by atoms with Gasteiger partial charge in [-0.2, -0.15) is 0 Å². The van der Waals surface area contributed by atoms with E-state index in [1.165, 1.54) is 0 Å². The molecular formula is C14H23NO3. The maximum Gasteiger partial charge on any atom is 0.119 e. The summed E-state index contributed by atoms with van der Waals surface area (Å²) in [4.78, 5) is 0. The molecule has 18 heavy (non-hydrogen) atoms. The number of rotatable bonds is 7. The molecule has 2 atom stereocenters. The Morgan fingerprint density at radius 2 is 1.78 bits per heavy atom. The van der Waals surface area contributed by atoms with Crippen molar-refractivity contribution in [3.05, 3.63) is 29.8 Å². The summed E-state index contributed by atoms with van der Waals surface area (Å²) in [5.74, 6) is 0.803. The van der Waals surface area contributed by atoms with Gasteiger partial charge in [0.1, 0.15) is 5.75 Å². The van der Waals surface area contributed by atoms with Crippen molar-refractivity contribution in [3.8, 4) is 5.75 Å². The first-order chi connectivity index (χ1) is 8.54. The fourth-order valence-electron chi connectivity index (χ4n) is 1.71. The molecule has 0 fully saturated rings. The van der Waals surface area contributed by atoms with Crippen LogP contribution in [0.4, 0.5) is 0 Å². The van der Waals surface area contributed by atoms with Crippen LogP contribution in [-0.4, -0.2) is 35.5 Å². The van der Waals surface area contributed by atoms with Gasteiger partial charge >= 0.3 is 0 Å². The zero-order valence-corrected chi connectivity index (χ0v) is 11.3. The molecule has 0 radical (unpaired) electrons. The number of hydrogen-bond donors (Lipinski definition) is 3. The number of ether oxygens (including phenoxy) is 1. The zero-order valence-electron chi connectivity index (χ0n) is 11.3. The summed E-state index contributed by atoms with van der Waals surface area (Å²) in [6.45, 7) is 6.39. The molecule has 0 spiro atoms. The molecule has 0 heterocycles. The number of aliphatic hydroxyl groups excluding tert-OH is 2. The fraction of sp³-hybridized carbons (Fsp3) is 0.571. The summed E-state index contributed by atoms with van der Waals surface area (Å²) >= 11 is 0. The molecule has 4 heteroatoms. The zero-order chi connectivity index (χ0) is 13.5. The van der Waals surface area contributed by atoms with Crippen molar-refractivity contribution >= 4 is 0 Å². The maximum atomic E-state index is 10.1.